The average Bonchev–Trinajstić information content (AvgIpc) is 2.83. The summed E-state index contributed by atoms with van der Waals surface area (Å²) in [6.45, 7) is 0.430. The second-order valence-electron chi connectivity index (χ2n) is 4.34. The normalized spacial score (nSPS) is 11.1. The lowest BCUT2D eigenvalue weighted by Crippen LogP contribution is -1.99. The second-order valence-corrected chi connectivity index (χ2v) is 4.34. The van der Waals surface area contributed by atoms with Crippen LogP contribution in [0, 0.1) is 5.82 Å². The van der Waals surface area contributed by atoms with Crippen LogP contribution in [0.1, 0.15) is 17.0 Å². The number of hydrogen-bond acceptors (Lipinski definition) is 3. The second kappa shape index (κ2) is 4.78. The van der Waals surface area contributed by atoms with Crippen LogP contribution in [0.3, 0.4) is 0 Å². The fraction of sp³-hybridized carbons (Fsp3) is 0.143. The van der Waals surface area contributed by atoms with Crippen molar-refractivity contribution in [3.8, 4) is 0 Å². The van der Waals surface area contributed by atoms with E-state index in [-0.39, 0.29) is 5.82 Å². The molecule has 0 aliphatic rings. The maximum atomic E-state index is 12.8. The number of aromatic nitrogens is 3. The smallest absolute Gasteiger partial charge is 0.160 e. The highest BCUT2D eigenvalue weighted by atomic mass is 19.1. The molecule has 0 aliphatic heterocycles. The molecule has 2 N–H and O–H groups in total. The quantitative estimate of drug-likeness (QED) is 0.779. The first-order valence-corrected chi connectivity index (χ1v) is 6.04. The van der Waals surface area contributed by atoms with Crippen LogP contribution in [0.5, 0.6) is 0 Å². The number of fused-ring (bicyclic) bond motifs is 1. The molecule has 0 saturated carbocycles. The van der Waals surface area contributed by atoms with Crippen LogP contribution in [0.2, 0.25) is 0 Å². The minimum atomic E-state index is -0.239. The molecule has 2 aromatic heterocycles. The Hall–Kier alpha value is -2.27. The van der Waals surface area contributed by atoms with Gasteiger partial charge in [-0.1, -0.05) is 18.2 Å². The first-order valence-electron chi connectivity index (χ1n) is 6.04. The fourth-order valence-electron chi connectivity index (χ4n) is 2.02. The molecule has 0 radical (unpaired) electrons. The van der Waals surface area contributed by atoms with Crippen LogP contribution in [0.4, 0.5) is 4.39 Å². The summed E-state index contributed by atoms with van der Waals surface area (Å²) in [7, 11) is 0. The first-order chi connectivity index (χ1) is 9.26. The van der Waals surface area contributed by atoms with Crippen LogP contribution in [-0.4, -0.2) is 14.6 Å². The van der Waals surface area contributed by atoms with E-state index in [1.807, 2.05) is 18.3 Å². The molecule has 0 amide bonds. The molecule has 1 aromatic carbocycles. The predicted octanol–water partition coefficient (Wildman–Crippen LogP) is 1.92. The van der Waals surface area contributed by atoms with Crippen molar-refractivity contribution in [2.45, 2.75) is 13.0 Å². The van der Waals surface area contributed by atoms with Gasteiger partial charge in [-0.25, -0.2) is 13.9 Å². The van der Waals surface area contributed by atoms with E-state index in [9.17, 15) is 4.39 Å². The van der Waals surface area contributed by atoms with Crippen LogP contribution < -0.4 is 5.73 Å². The standard InChI is InChI=1S/C14H13FN4/c15-12-5-3-10(4-6-12)8-13-17-14-11(9-16)2-1-7-19(14)18-13/h1-7H,8-9,16H2. The lowest BCUT2D eigenvalue weighted by Gasteiger charge is -1.96. The monoisotopic (exact) mass is 256 g/mol. The van der Waals surface area contributed by atoms with E-state index in [1.165, 1.54) is 12.1 Å². The SMILES string of the molecule is NCc1cccn2nc(Cc3ccc(F)cc3)nc12. The Kier molecular flexibility index (Phi) is 2.97. The van der Waals surface area contributed by atoms with Crippen molar-refractivity contribution in [1.82, 2.24) is 14.6 Å². The zero-order valence-corrected chi connectivity index (χ0v) is 10.3. The average molecular weight is 256 g/mol. The lowest BCUT2D eigenvalue weighted by molar-refractivity contribution is 0.627. The van der Waals surface area contributed by atoms with E-state index < -0.39 is 0 Å². The van der Waals surface area contributed by atoms with Gasteiger partial charge in [0.25, 0.3) is 0 Å². The zero-order chi connectivity index (χ0) is 13.2. The maximum Gasteiger partial charge on any atom is 0.160 e. The summed E-state index contributed by atoms with van der Waals surface area (Å²) < 4.78 is 14.6. The van der Waals surface area contributed by atoms with E-state index in [1.54, 1.807) is 16.6 Å². The Morgan fingerprint density at radius 2 is 1.95 bits per heavy atom. The van der Waals surface area contributed by atoms with Crippen molar-refractivity contribution in [1.29, 1.82) is 0 Å². The molecule has 0 spiro atoms. The Morgan fingerprint density at radius 1 is 1.16 bits per heavy atom. The van der Waals surface area contributed by atoms with Gasteiger partial charge >= 0.3 is 0 Å². The third-order valence-electron chi connectivity index (χ3n) is 2.98. The number of rotatable bonds is 3. The Bertz CT molecular complexity index is 703. The van der Waals surface area contributed by atoms with E-state index in [4.69, 9.17) is 5.73 Å². The Balaban J connectivity index is 1.95. The summed E-state index contributed by atoms with van der Waals surface area (Å²) in [5, 5.41) is 4.40. The number of nitrogens with two attached hydrogens (primary N) is 1. The van der Waals surface area contributed by atoms with Crippen LogP contribution in [0.25, 0.3) is 5.65 Å². The zero-order valence-electron chi connectivity index (χ0n) is 10.3. The number of benzene rings is 1. The molecular weight excluding hydrogens is 243 g/mol. The molecule has 0 fully saturated rings. The molecule has 19 heavy (non-hydrogen) atoms. The molecule has 0 saturated heterocycles. The summed E-state index contributed by atoms with van der Waals surface area (Å²) in [5.41, 5.74) is 8.39. The summed E-state index contributed by atoms with van der Waals surface area (Å²) in [4.78, 5) is 4.48. The molecule has 3 aromatic rings. The summed E-state index contributed by atoms with van der Waals surface area (Å²) in [5.74, 6) is 0.463. The van der Waals surface area contributed by atoms with Gasteiger partial charge in [0.05, 0.1) is 0 Å². The molecule has 0 bridgehead atoms. The highest BCUT2D eigenvalue weighted by Gasteiger charge is 2.07. The van der Waals surface area contributed by atoms with Crippen molar-refractivity contribution in [3.05, 3.63) is 65.4 Å². The highest BCUT2D eigenvalue weighted by Crippen LogP contribution is 2.11. The predicted molar refractivity (Wildman–Crippen MR) is 70.1 cm³/mol. The molecule has 3 rings (SSSR count). The van der Waals surface area contributed by atoms with Gasteiger partial charge in [-0.3, -0.25) is 0 Å². The number of halogens is 1. The van der Waals surface area contributed by atoms with E-state index >= 15 is 0 Å². The van der Waals surface area contributed by atoms with Gasteiger partial charge in [-0.05, 0) is 23.8 Å². The highest BCUT2D eigenvalue weighted by molar-refractivity contribution is 5.47. The van der Waals surface area contributed by atoms with Crippen LogP contribution in [0.15, 0.2) is 42.6 Å². The molecule has 5 heteroatoms. The van der Waals surface area contributed by atoms with Gasteiger partial charge in [-0.15, -0.1) is 0 Å². The maximum absolute atomic E-state index is 12.8. The van der Waals surface area contributed by atoms with Crippen molar-refractivity contribution >= 4 is 5.65 Å². The summed E-state index contributed by atoms with van der Waals surface area (Å²) in [6.07, 6.45) is 2.42. The van der Waals surface area contributed by atoms with Gasteiger partial charge in [-0.2, -0.15) is 5.10 Å². The van der Waals surface area contributed by atoms with Crippen molar-refractivity contribution in [2.24, 2.45) is 5.73 Å². The number of pyridine rings is 1. The van der Waals surface area contributed by atoms with Crippen molar-refractivity contribution in [2.75, 3.05) is 0 Å². The summed E-state index contributed by atoms with van der Waals surface area (Å²) in [6, 6.07) is 10.2. The number of nitrogens with zero attached hydrogens (tertiary/aromatic N) is 3. The Morgan fingerprint density at radius 3 is 2.68 bits per heavy atom. The van der Waals surface area contributed by atoms with Gasteiger partial charge < -0.3 is 5.73 Å². The summed E-state index contributed by atoms with van der Waals surface area (Å²) >= 11 is 0. The van der Waals surface area contributed by atoms with E-state index in [0.29, 0.717) is 18.8 Å². The largest absolute Gasteiger partial charge is 0.326 e. The first kappa shape index (κ1) is 11.8. The van der Waals surface area contributed by atoms with E-state index in [2.05, 4.69) is 10.1 Å². The Labute approximate surface area is 109 Å². The van der Waals surface area contributed by atoms with Crippen LogP contribution in [-0.2, 0) is 13.0 Å². The van der Waals surface area contributed by atoms with Gasteiger partial charge in [0.1, 0.15) is 5.82 Å². The minimum Gasteiger partial charge on any atom is -0.326 e. The van der Waals surface area contributed by atoms with Crippen molar-refractivity contribution in [3.63, 3.8) is 0 Å². The van der Waals surface area contributed by atoms with Gasteiger partial charge in [0.15, 0.2) is 11.5 Å². The molecular formula is C14H13FN4. The lowest BCUT2D eigenvalue weighted by atomic mass is 10.1. The van der Waals surface area contributed by atoms with Gasteiger partial charge in [0.2, 0.25) is 0 Å². The van der Waals surface area contributed by atoms with Crippen molar-refractivity contribution < 1.29 is 4.39 Å². The molecule has 96 valence electrons. The van der Waals surface area contributed by atoms with E-state index in [0.717, 1.165) is 16.8 Å². The molecule has 4 nitrogen and oxygen atoms in total. The van der Waals surface area contributed by atoms with Crippen LogP contribution >= 0.6 is 0 Å². The third-order valence-corrected chi connectivity index (χ3v) is 2.98. The number of hydrogen-bond donors (Lipinski definition) is 1. The molecule has 0 atom stereocenters. The third kappa shape index (κ3) is 2.32. The molecule has 0 unspecified atom stereocenters. The molecule has 2 heterocycles. The fourth-order valence-corrected chi connectivity index (χ4v) is 2.02. The minimum absolute atomic E-state index is 0.239. The topological polar surface area (TPSA) is 56.2 Å². The van der Waals surface area contributed by atoms with Gasteiger partial charge in [0, 0.05) is 24.7 Å². The molecule has 0 aliphatic carbocycles.